The second-order valence-electron chi connectivity index (χ2n) is 7.16. The highest BCUT2D eigenvalue weighted by Crippen LogP contribution is 2.26. The van der Waals surface area contributed by atoms with Crippen LogP contribution in [0, 0.1) is 0 Å². The van der Waals surface area contributed by atoms with Crippen molar-refractivity contribution in [3.63, 3.8) is 0 Å². The highest BCUT2D eigenvalue weighted by atomic mass is 35.5. The highest BCUT2D eigenvalue weighted by molar-refractivity contribution is 6.31. The molecule has 0 saturated carbocycles. The Balaban J connectivity index is 1.64. The summed E-state index contributed by atoms with van der Waals surface area (Å²) in [5.41, 5.74) is 0.983. The Kier molecular flexibility index (Phi) is 5.40. The summed E-state index contributed by atoms with van der Waals surface area (Å²) in [6.45, 7) is 5.20. The number of benzene rings is 2. The number of anilines is 1. The van der Waals surface area contributed by atoms with Crippen molar-refractivity contribution in [1.82, 2.24) is 5.06 Å². The molecule has 0 aromatic heterocycles. The molecule has 8 heteroatoms. The zero-order valence-corrected chi connectivity index (χ0v) is 16.4. The van der Waals surface area contributed by atoms with Crippen LogP contribution < -0.4 is 5.32 Å². The average molecular weight is 403 g/mol. The van der Waals surface area contributed by atoms with E-state index in [-0.39, 0.29) is 6.61 Å². The van der Waals surface area contributed by atoms with E-state index in [9.17, 15) is 14.4 Å². The minimum absolute atomic E-state index is 0.0863. The first-order valence-electron chi connectivity index (χ1n) is 8.55. The van der Waals surface area contributed by atoms with Crippen LogP contribution in [0.5, 0.6) is 0 Å². The van der Waals surface area contributed by atoms with E-state index in [2.05, 4.69) is 5.32 Å². The van der Waals surface area contributed by atoms with Gasteiger partial charge in [-0.15, -0.1) is 5.06 Å². The summed E-state index contributed by atoms with van der Waals surface area (Å²) >= 11 is 6.23. The second-order valence-corrected chi connectivity index (χ2v) is 7.56. The molecule has 1 N–H and O–H groups in total. The monoisotopic (exact) mass is 402 g/mol. The van der Waals surface area contributed by atoms with E-state index in [0.717, 1.165) is 5.06 Å². The van der Waals surface area contributed by atoms with Crippen LogP contribution in [0.3, 0.4) is 0 Å². The predicted molar refractivity (Wildman–Crippen MR) is 103 cm³/mol. The van der Waals surface area contributed by atoms with E-state index < -0.39 is 23.5 Å². The molecule has 0 saturated heterocycles. The molecule has 2 aromatic rings. The summed E-state index contributed by atoms with van der Waals surface area (Å²) in [5.74, 6) is -1.03. The number of hydroxylamine groups is 2. The number of nitrogens with one attached hydrogen (secondary N) is 1. The lowest BCUT2D eigenvalue weighted by molar-refractivity contribution is -0.101. The molecule has 0 unspecified atom stereocenters. The van der Waals surface area contributed by atoms with Crippen LogP contribution in [-0.4, -0.2) is 28.6 Å². The quantitative estimate of drug-likeness (QED) is 0.765. The molecular formula is C20H19ClN2O5. The Morgan fingerprint density at radius 1 is 1.07 bits per heavy atom. The number of hydrogen-bond acceptors (Lipinski definition) is 5. The molecule has 146 valence electrons. The summed E-state index contributed by atoms with van der Waals surface area (Å²) in [5, 5.41) is 3.63. The topological polar surface area (TPSA) is 84.9 Å². The number of ether oxygens (including phenoxy) is 1. The lowest BCUT2D eigenvalue weighted by atomic mass is 10.1. The molecule has 7 nitrogen and oxygen atoms in total. The number of amides is 3. The largest absolute Gasteiger partial charge is 0.444 e. The zero-order chi connectivity index (χ0) is 20.5. The number of rotatable bonds is 4. The van der Waals surface area contributed by atoms with Crippen LogP contribution in [-0.2, 0) is 16.2 Å². The molecule has 0 spiro atoms. The summed E-state index contributed by atoms with van der Waals surface area (Å²) in [6, 6.07) is 11.3. The summed E-state index contributed by atoms with van der Waals surface area (Å²) in [4.78, 5) is 41.8. The van der Waals surface area contributed by atoms with Gasteiger partial charge >= 0.3 is 6.09 Å². The van der Waals surface area contributed by atoms with Crippen LogP contribution in [0.15, 0.2) is 42.5 Å². The lowest BCUT2D eigenvalue weighted by Gasteiger charge is -2.20. The summed E-state index contributed by atoms with van der Waals surface area (Å²) < 4.78 is 5.18. The highest BCUT2D eigenvalue weighted by Gasteiger charge is 2.36. The maximum absolute atomic E-state index is 12.3. The minimum atomic E-state index is -0.617. The number of nitrogens with zero attached hydrogens (tertiary/aromatic N) is 1. The summed E-state index contributed by atoms with van der Waals surface area (Å²) in [6.07, 6.45) is -0.599. The second kappa shape index (κ2) is 7.61. The molecule has 0 atom stereocenters. The van der Waals surface area contributed by atoms with Gasteiger partial charge in [-0.2, -0.15) is 0 Å². The van der Waals surface area contributed by atoms with Gasteiger partial charge in [-0.25, -0.2) is 4.79 Å². The molecule has 1 aliphatic heterocycles. The van der Waals surface area contributed by atoms with E-state index >= 15 is 0 Å². The number of carbonyl (C=O) groups is 3. The van der Waals surface area contributed by atoms with Crippen molar-refractivity contribution in [2.45, 2.75) is 33.0 Å². The van der Waals surface area contributed by atoms with Crippen molar-refractivity contribution >= 4 is 35.2 Å². The normalized spacial score (nSPS) is 13.5. The Morgan fingerprint density at radius 3 is 2.21 bits per heavy atom. The Morgan fingerprint density at radius 2 is 1.68 bits per heavy atom. The van der Waals surface area contributed by atoms with Gasteiger partial charge in [0.25, 0.3) is 11.8 Å². The van der Waals surface area contributed by atoms with Gasteiger partial charge in [0, 0.05) is 10.7 Å². The molecule has 0 aliphatic carbocycles. The van der Waals surface area contributed by atoms with Gasteiger partial charge in [0.05, 0.1) is 11.1 Å². The molecular weight excluding hydrogens is 384 g/mol. The lowest BCUT2D eigenvalue weighted by Crippen LogP contribution is -2.29. The fourth-order valence-corrected chi connectivity index (χ4v) is 2.82. The van der Waals surface area contributed by atoms with Gasteiger partial charge in [0.1, 0.15) is 12.2 Å². The number of halogens is 1. The zero-order valence-electron chi connectivity index (χ0n) is 15.6. The van der Waals surface area contributed by atoms with Crippen LogP contribution in [0.4, 0.5) is 10.5 Å². The van der Waals surface area contributed by atoms with Crippen molar-refractivity contribution < 1.29 is 24.0 Å². The SMILES string of the molecule is CC(C)(C)OC(=O)Nc1ccc(CON2C(=O)c3ccccc3C2=O)c(Cl)c1. The van der Waals surface area contributed by atoms with Gasteiger partial charge in [0.15, 0.2) is 0 Å². The molecule has 1 aliphatic rings. The molecule has 0 radical (unpaired) electrons. The molecule has 3 rings (SSSR count). The van der Waals surface area contributed by atoms with Gasteiger partial charge in [-0.3, -0.25) is 19.7 Å². The van der Waals surface area contributed by atoms with Crippen molar-refractivity contribution in [1.29, 1.82) is 0 Å². The fraction of sp³-hybridized carbons (Fsp3) is 0.250. The minimum Gasteiger partial charge on any atom is -0.444 e. The molecule has 1 heterocycles. The first-order chi connectivity index (χ1) is 13.2. The number of carbonyl (C=O) groups excluding carboxylic acids is 3. The number of imide groups is 1. The third-order valence-corrected chi connectivity index (χ3v) is 4.16. The number of hydrogen-bond donors (Lipinski definition) is 1. The van der Waals surface area contributed by atoms with Crippen LogP contribution in [0.1, 0.15) is 47.1 Å². The van der Waals surface area contributed by atoms with E-state index in [0.29, 0.717) is 27.4 Å². The van der Waals surface area contributed by atoms with E-state index in [1.807, 2.05) is 0 Å². The van der Waals surface area contributed by atoms with E-state index in [1.165, 1.54) is 6.07 Å². The molecule has 28 heavy (non-hydrogen) atoms. The van der Waals surface area contributed by atoms with E-state index in [4.69, 9.17) is 21.2 Å². The van der Waals surface area contributed by atoms with Crippen LogP contribution in [0.25, 0.3) is 0 Å². The molecule has 0 fully saturated rings. The third-order valence-electron chi connectivity index (χ3n) is 3.80. The summed E-state index contributed by atoms with van der Waals surface area (Å²) in [7, 11) is 0. The van der Waals surface area contributed by atoms with Crippen molar-refractivity contribution in [3.8, 4) is 0 Å². The molecule has 3 amide bonds. The fourth-order valence-electron chi connectivity index (χ4n) is 2.58. The van der Waals surface area contributed by atoms with Crippen molar-refractivity contribution in [3.05, 3.63) is 64.2 Å². The Labute approximate surface area is 167 Å². The van der Waals surface area contributed by atoms with Crippen molar-refractivity contribution in [2.75, 3.05) is 5.32 Å². The maximum Gasteiger partial charge on any atom is 0.412 e. The average Bonchev–Trinajstić information content (AvgIpc) is 2.84. The molecule has 2 aromatic carbocycles. The van der Waals surface area contributed by atoms with Gasteiger partial charge < -0.3 is 4.74 Å². The first-order valence-corrected chi connectivity index (χ1v) is 8.92. The standard InChI is InChI=1S/C20H19ClN2O5/c1-20(2,3)28-19(26)22-13-9-8-12(16(21)10-13)11-27-23-17(24)14-6-4-5-7-15(14)18(23)25/h4-10H,11H2,1-3H3,(H,22,26). The van der Waals surface area contributed by atoms with Crippen molar-refractivity contribution in [2.24, 2.45) is 0 Å². The van der Waals surface area contributed by atoms with Gasteiger partial charge in [-0.05, 0) is 50.6 Å². The maximum atomic E-state index is 12.3. The predicted octanol–water partition coefficient (Wildman–Crippen LogP) is 4.41. The Hall–Kier alpha value is -2.90. The smallest absolute Gasteiger partial charge is 0.412 e. The van der Waals surface area contributed by atoms with E-state index in [1.54, 1.807) is 57.2 Å². The van der Waals surface area contributed by atoms with Crippen LogP contribution >= 0.6 is 11.6 Å². The van der Waals surface area contributed by atoms with Crippen LogP contribution in [0.2, 0.25) is 5.02 Å². The molecule has 0 bridgehead atoms. The Bertz CT molecular complexity index is 917. The van der Waals surface area contributed by atoms with Gasteiger partial charge in [0.2, 0.25) is 0 Å². The first kappa shape index (κ1) is 19.9. The van der Waals surface area contributed by atoms with Gasteiger partial charge in [-0.1, -0.05) is 29.8 Å². The number of fused-ring (bicyclic) bond motifs is 1. The third kappa shape index (κ3) is 4.32.